The van der Waals surface area contributed by atoms with Crippen LogP contribution in [-0.2, 0) is 9.53 Å². The molecule has 0 aliphatic carbocycles. The van der Waals surface area contributed by atoms with Crippen molar-refractivity contribution in [3.63, 3.8) is 0 Å². The summed E-state index contributed by atoms with van der Waals surface area (Å²) < 4.78 is 8.67. The van der Waals surface area contributed by atoms with Crippen molar-refractivity contribution in [2.45, 2.75) is 24.7 Å². The molecular weight excluding hydrogens is 150 g/mol. The van der Waals surface area contributed by atoms with Gasteiger partial charge < -0.3 is 4.74 Å². The van der Waals surface area contributed by atoms with Crippen LogP contribution in [0.25, 0.3) is 0 Å². The quantitative estimate of drug-likeness (QED) is 0.344. The summed E-state index contributed by atoms with van der Waals surface area (Å²) in [5.74, 6) is 0. The second kappa shape index (κ2) is 3.76. The summed E-state index contributed by atoms with van der Waals surface area (Å²) in [5, 5.41) is 0.358. The highest BCUT2D eigenvalue weighted by Crippen LogP contribution is 2.24. The molecule has 0 aromatic heterocycles. The van der Waals surface area contributed by atoms with Crippen LogP contribution in [0.3, 0.4) is 0 Å². The van der Waals surface area contributed by atoms with Gasteiger partial charge in [0.1, 0.15) is 0 Å². The Hall–Kier alpha value is -0.310. The third-order valence-corrected chi connectivity index (χ3v) is 2.21. The van der Waals surface area contributed by atoms with Crippen LogP contribution in [0, 0.1) is 0 Å². The molecular formula is C6H9NO2S. The zero-order valence-electron chi connectivity index (χ0n) is 5.74. The topological polar surface area (TPSA) is 38.7 Å². The van der Waals surface area contributed by atoms with E-state index in [0.717, 1.165) is 6.42 Å². The molecule has 10 heavy (non-hydrogen) atoms. The molecule has 1 rings (SSSR count). The summed E-state index contributed by atoms with van der Waals surface area (Å²) in [6, 6.07) is 0. The first-order valence-corrected chi connectivity index (χ1v) is 4.01. The monoisotopic (exact) mass is 159 g/mol. The largest absolute Gasteiger partial charge is 0.377 e. The maximum Gasteiger partial charge on any atom is 0.247 e. The van der Waals surface area contributed by atoms with Crippen LogP contribution in [-0.4, -0.2) is 24.0 Å². The number of isocyanates is 1. The van der Waals surface area contributed by atoms with Crippen molar-refractivity contribution in [3.05, 3.63) is 0 Å². The lowest BCUT2D eigenvalue weighted by atomic mass is 10.3. The summed E-state index contributed by atoms with van der Waals surface area (Å²) in [5.41, 5.74) is 0. The maximum absolute atomic E-state index is 9.69. The molecule has 0 aromatic rings. The van der Waals surface area contributed by atoms with Crippen LogP contribution in [0.5, 0.6) is 0 Å². The molecule has 3 nitrogen and oxygen atoms in total. The second-order valence-corrected chi connectivity index (χ2v) is 3.35. The lowest BCUT2D eigenvalue weighted by Gasteiger charge is -1.97. The van der Waals surface area contributed by atoms with Gasteiger partial charge in [0.15, 0.2) is 0 Å². The van der Waals surface area contributed by atoms with E-state index >= 15 is 0 Å². The van der Waals surface area contributed by atoms with Crippen LogP contribution in [0.1, 0.15) is 13.3 Å². The van der Waals surface area contributed by atoms with Gasteiger partial charge >= 0.3 is 0 Å². The number of ether oxygens (including phenoxy) is 1. The fourth-order valence-electron chi connectivity index (χ4n) is 0.947. The van der Waals surface area contributed by atoms with E-state index in [1.54, 1.807) is 0 Å². The molecule has 0 saturated carbocycles. The highest BCUT2D eigenvalue weighted by Gasteiger charge is 2.22. The summed E-state index contributed by atoms with van der Waals surface area (Å²) in [7, 11) is 0. The van der Waals surface area contributed by atoms with Crippen molar-refractivity contribution >= 4 is 18.0 Å². The molecule has 0 aromatic carbocycles. The van der Waals surface area contributed by atoms with Crippen molar-refractivity contribution in [3.8, 4) is 0 Å². The third-order valence-electron chi connectivity index (χ3n) is 1.40. The first-order chi connectivity index (χ1) is 4.83. The van der Waals surface area contributed by atoms with Gasteiger partial charge in [-0.25, -0.2) is 4.79 Å². The smallest absolute Gasteiger partial charge is 0.247 e. The molecule has 0 bridgehead atoms. The van der Waals surface area contributed by atoms with E-state index in [-0.39, 0.29) is 0 Å². The van der Waals surface area contributed by atoms with Crippen molar-refractivity contribution in [1.29, 1.82) is 0 Å². The normalized spacial score (nSPS) is 31.7. The minimum Gasteiger partial charge on any atom is -0.377 e. The first-order valence-electron chi connectivity index (χ1n) is 3.17. The van der Waals surface area contributed by atoms with Crippen LogP contribution < -0.4 is 0 Å². The summed E-state index contributed by atoms with van der Waals surface area (Å²) in [6.45, 7) is 2.72. The van der Waals surface area contributed by atoms with Crippen LogP contribution >= 0.6 is 11.9 Å². The van der Waals surface area contributed by atoms with Crippen molar-refractivity contribution in [2.75, 3.05) is 6.61 Å². The third kappa shape index (κ3) is 2.14. The Morgan fingerprint density at radius 2 is 2.60 bits per heavy atom. The molecule has 1 aliphatic rings. The highest BCUT2D eigenvalue weighted by molar-refractivity contribution is 7.98. The summed E-state index contributed by atoms with van der Waals surface area (Å²) in [6.07, 6.45) is 2.79. The fraction of sp³-hybridized carbons (Fsp3) is 0.833. The zero-order valence-corrected chi connectivity index (χ0v) is 6.56. The molecule has 0 radical (unpaired) electrons. The van der Waals surface area contributed by atoms with Crippen LogP contribution in [0.2, 0.25) is 0 Å². The van der Waals surface area contributed by atoms with Gasteiger partial charge in [-0.05, 0) is 25.3 Å². The Bertz CT molecular complexity index is 156. The summed E-state index contributed by atoms with van der Waals surface area (Å²) >= 11 is 1.26. The second-order valence-electron chi connectivity index (χ2n) is 2.29. The number of hydrogen-bond acceptors (Lipinski definition) is 4. The van der Waals surface area contributed by atoms with Crippen molar-refractivity contribution in [1.82, 2.24) is 0 Å². The predicted octanol–water partition coefficient (Wildman–Crippen LogP) is 1.15. The number of hydrogen-bond donors (Lipinski definition) is 0. The van der Waals surface area contributed by atoms with Crippen LogP contribution in [0.4, 0.5) is 0 Å². The fourth-order valence-corrected chi connectivity index (χ4v) is 1.64. The maximum atomic E-state index is 9.69. The standard InChI is InChI=1S/C6H9NO2S/c1-5-2-6(3-9-5)10-7-4-8/h5-6H,2-3H2,1H3. The summed E-state index contributed by atoms with van der Waals surface area (Å²) in [4.78, 5) is 9.69. The molecule has 2 unspecified atom stereocenters. The molecule has 0 N–H and O–H groups in total. The van der Waals surface area contributed by atoms with E-state index < -0.39 is 0 Å². The van der Waals surface area contributed by atoms with Gasteiger partial charge in [-0.1, -0.05) is 0 Å². The Balaban J connectivity index is 2.24. The SMILES string of the molecule is CC1CC(SN=C=O)CO1. The lowest BCUT2D eigenvalue weighted by molar-refractivity contribution is 0.126. The Morgan fingerprint density at radius 1 is 1.80 bits per heavy atom. The number of rotatable bonds is 2. The van der Waals surface area contributed by atoms with E-state index in [9.17, 15) is 4.79 Å². The minimum absolute atomic E-state index is 0.319. The van der Waals surface area contributed by atoms with Gasteiger partial charge in [-0.15, -0.1) is 4.40 Å². The highest BCUT2D eigenvalue weighted by atomic mass is 32.2. The van der Waals surface area contributed by atoms with E-state index in [1.165, 1.54) is 18.0 Å². The van der Waals surface area contributed by atoms with Gasteiger partial charge in [0.2, 0.25) is 6.08 Å². The Morgan fingerprint density at radius 3 is 3.10 bits per heavy atom. The lowest BCUT2D eigenvalue weighted by Crippen LogP contribution is -1.98. The van der Waals surface area contributed by atoms with Crippen molar-refractivity contribution < 1.29 is 9.53 Å². The predicted molar refractivity (Wildman–Crippen MR) is 39.5 cm³/mol. The zero-order chi connectivity index (χ0) is 7.40. The molecule has 4 heteroatoms. The Labute approximate surface area is 64.0 Å². The van der Waals surface area contributed by atoms with Gasteiger partial charge in [0.05, 0.1) is 18.0 Å². The Kier molecular flexibility index (Phi) is 2.93. The molecule has 1 aliphatic heterocycles. The van der Waals surface area contributed by atoms with E-state index in [0.29, 0.717) is 18.0 Å². The van der Waals surface area contributed by atoms with E-state index in [4.69, 9.17) is 4.74 Å². The first kappa shape index (κ1) is 7.79. The van der Waals surface area contributed by atoms with E-state index in [2.05, 4.69) is 4.40 Å². The van der Waals surface area contributed by atoms with Gasteiger partial charge in [-0.3, -0.25) is 0 Å². The molecule has 0 spiro atoms. The van der Waals surface area contributed by atoms with Gasteiger partial charge in [-0.2, -0.15) is 0 Å². The number of carbonyl (C=O) groups excluding carboxylic acids is 1. The van der Waals surface area contributed by atoms with E-state index in [1.807, 2.05) is 6.92 Å². The van der Waals surface area contributed by atoms with Crippen molar-refractivity contribution in [2.24, 2.45) is 4.40 Å². The van der Waals surface area contributed by atoms with Gasteiger partial charge in [0, 0.05) is 0 Å². The molecule has 1 heterocycles. The molecule has 0 amide bonds. The minimum atomic E-state index is 0.319. The molecule has 2 atom stereocenters. The molecule has 56 valence electrons. The average molecular weight is 159 g/mol. The molecule has 1 saturated heterocycles. The number of nitrogens with zero attached hydrogens (tertiary/aromatic N) is 1. The average Bonchev–Trinajstić information content (AvgIpc) is 2.31. The van der Waals surface area contributed by atoms with Gasteiger partial charge in [0.25, 0.3) is 0 Å². The van der Waals surface area contributed by atoms with Crippen LogP contribution in [0.15, 0.2) is 4.40 Å². The molecule has 1 fully saturated rings.